The van der Waals surface area contributed by atoms with Crippen LogP contribution in [0.25, 0.3) is 11.1 Å². The minimum absolute atomic E-state index is 0.0948. The van der Waals surface area contributed by atoms with Crippen LogP contribution in [0, 0.1) is 0 Å². The third-order valence-electron chi connectivity index (χ3n) is 4.52. The van der Waals surface area contributed by atoms with E-state index in [0.717, 1.165) is 22.4 Å². The highest BCUT2D eigenvalue weighted by molar-refractivity contribution is 5.74. The number of urea groups is 1. The average Bonchev–Trinajstić information content (AvgIpc) is 2.75. The first-order valence-corrected chi connectivity index (χ1v) is 9.74. The monoisotopic (exact) mass is 390 g/mol. The van der Waals surface area contributed by atoms with Gasteiger partial charge in [0.2, 0.25) is 0 Å². The van der Waals surface area contributed by atoms with Crippen LogP contribution in [0.5, 0.6) is 11.5 Å². The van der Waals surface area contributed by atoms with Gasteiger partial charge >= 0.3 is 6.03 Å². The zero-order valence-corrected chi connectivity index (χ0v) is 16.5. The first-order chi connectivity index (χ1) is 14.2. The fraction of sp³-hybridized carbons (Fsp3) is 0.208. The first-order valence-electron chi connectivity index (χ1n) is 9.74. The summed E-state index contributed by atoms with van der Waals surface area (Å²) >= 11 is 0. The van der Waals surface area contributed by atoms with Crippen molar-refractivity contribution in [3.05, 3.63) is 84.4 Å². The zero-order valence-electron chi connectivity index (χ0n) is 16.5. The van der Waals surface area contributed by atoms with Gasteiger partial charge in [-0.25, -0.2) is 4.79 Å². The van der Waals surface area contributed by atoms with Crippen LogP contribution >= 0.6 is 0 Å². The summed E-state index contributed by atoms with van der Waals surface area (Å²) in [5, 5.41) is 12.3. The lowest BCUT2D eigenvalue weighted by molar-refractivity contribution is 0.180. The molecule has 0 aliphatic carbocycles. The fourth-order valence-corrected chi connectivity index (χ4v) is 2.99. The number of benzene rings is 3. The Kier molecular flexibility index (Phi) is 7.11. The molecule has 3 rings (SSSR count). The summed E-state index contributed by atoms with van der Waals surface area (Å²) in [7, 11) is 0. The fourth-order valence-electron chi connectivity index (χ4n) is 2.99. The lowest BCUT2D eigenvalue weighted by Crippen LogP contribution is -2.41. The molecule has 0 aliphatic heterocycles. The highest BCUT2D eigenvalue weighted by atomic mass is 16.5. The molecule has 0 heterocycles. The molecule has 0 saturated carbocycles. The van der Waals surface area contributed by atoms with Crippen LogP contribution in [0.2, 0.25) is 0 Å². The Morgan fingerprint density at radius 3 is 2.17 bits per heavy atom. The smallest absolute Gasteiger partial charge is 0.317 e. The van der Waals surface area contributed by atoms with Gasteiger partial charge in [0.25, 0.3) is 0 Å². The van der Waals surface area contributed by atoms with Crippen molar-refractivity contribution in [2.75, 3.05) is 19.7 Å². The van der Waals surface area contributed by atoms with Gasteiger partial charge in [-0.05, 0) is 47.9 Å². The van der Waals surface area contributed by atoms with Crippen LogP contribution in [-0.2, 0) is 6.54 Å². The molecule has 5 nitrogen and oxygen atoms in total. The summed E-state index contributed by atoms with van der Waals surface area (Å²) in [5.41, 5.74) is 3.15. The molecule has 29 heavy (non-hydrogen) atoms. The predicted molar refractivity (Wildman–Crippen MR) is 115 cm³/mol. The van der Waals surface area contributed by atoms with Gasteiger partial charge in [0.1, 0.15) is 18.1 Å². The van der Waals surface area contributed by atoms with E-state index in [4.69, 9.17) is 4.74 Å². The van der Waals surface area contributed by atoms with E-state index in [-0.39, 0.29) is 11.8 Å². The van der Waals surface area contributed by atoms with Crippen molar-refractivity contribution in [2.24, 2.45) is 0 Å². The van der Waals surface area contributed by atoms with Gasteiger partial charge in [0.15, 0.2) is 0 Å². The van der Waals surface area contributed by atoms with Gasteiger partial charge in [-0.3, -0.25) is 0 Å². The molecule has 0 unspecified atom stereocenters. The Balaban J connectivity index is 1.57. The van der Waals surface area contributed by atoms with E-state index in [0.29, 0.717) is 26.2 Å². The molecule has 0 saturated heterocycles. The molecule has 2 amide bonds. The molecule has 0 aliphatic rings. The molecule has 3 aromatic carbocycles. The maximum Gasteiger partial charge on any atom is 0.317 e. The zero-order chi connectivity index (χ0) is 20.5. The van der Waals surface area contributed by atoms with E-state index in [1.54, 1.807) is 17.0 Å². The maximum atomic E-state index is 12.4. The third kappa shape index (κ3) is 6.01. The predicted octanol–water partition coefficient (Wildman–Crippen LogP) is 4.67. The molecule has 3 aromatic rings. The third-order valence-corrected chi connectivity index (χ3v) is 4.52. The van der Waals surface area contributed by atoms with E-state index in [1.165, 1.54) is 0 Å². The molecule has 0 fully saturated rings. The molecule has 5 heteroatoms. The Morgan fingerprint density at radius 2 is 1.55 bits per heavy atom. The summed E-state index contributed by atoms with van der Waals surface area (Å²) in [6.45, 7) is 3.92. The number of carbonyl (C=O) groups is 1. The number of hydrogen-bond donors (Lipinski definition) is 2. The normalized spacial score (nSPS) is 10.4. The Bertz CT molecular complexity index is 894. The molecular formula is C24H26N2O3. The van der Waals surface area contributed by atoms with E-state index < -0.39 is 0 Å². The number of phenols is 1. The van der Waals surface area contributed by atoms with Crippen LogP contribution in [0.15, 0.2) is 78.9 Å². The quantitative estimate of drug-likeness (QED) is 0.588. The molecule has 150 valence electrons. The van der Waals surface area contributed by atoms with Crippen molar-refractivity contribution in [3.63, 3.8) is 0 Å². The van der Waals surface area contributed by atoms with Gasteiger partial charge in [-0.1, -0.05) is 54.6 Å². The Morgan fingerprint density at radius 1 is 0.931 bits per heavy atom. The second-order valence-corrected chi connectivity index (χ2v) is 6.66. The van der Waals surface area contributed by atoms with Gasteiger partial charge in [-0.2, -0.15) is 0 Å². The first kappa shape index (κ1) is 20.3. The number of carbonyl (C=O) groups excluding carboxylic acids is 1. The molecule has 2 N–H and O–H groups in total. The SMILES string of the molecule is CCNC(=O)N(CCOc1ccc(-c2ccc(O)cc2)cc1)Cc1ccccc1. The summed E-state index contributed by atoms with van der Waals surface area (Å²) < 4.78 is 5.85. The topological polar surface area (TPSA) is 61.8 Å². The number of rotatable bonds is 8. The van der Waals surface area contributed by atoms with Gasteiger partial charge < -0.3 is 20.1 Å². The van der Waals surface area contributed by atoms with Crippen molar-refractivity contribution in [1.82, 2.24) is 10.2 Å². The van der Waals surface area contributed by atoms with Crippen LogP contribution < -0.4 is 10.1 Å². The summed E-state index contributed by atoms with van der Waals surface area (Å²) in [6.07, 6.45) is 0. The number of phenolic OH excluding ortho intramolecular Hbond substituents is 1. The second kappa shape index (κ2) is 10.2. The van der Waals surface area contributed by atoms with Crippen LogP contribution in [-0.4, -0.2) is 35.7 Å². The average molecular weight is 390 g/mol. The summed E-state index contributed by atoms with van der Waals surface area (Å²) in [4.78, 5) is 14.1. The number of aromatic hydroxyl groups is 1. The van der Waals surface area contributed by atoms with Crippen molar-refractivity contribution >= 4 is 6.03 Å². The summed E-state index contributed by atoms with van der Waals surface area (Å²) in [5.74, 6) is 1.00. The van der Waals surface area contributed by atoms with Crippen LogP contribution in [0.4, 0.5) is 4.79 Å². The number of amides is 2. The minimum Gasteiger partial charge on any atom is -0.508 e. The second-order valence-electron chi connectivity index (χ2n) is 6.66. The van der Waals surface area contributed by atoms with Gasteiger partial charge in [0, 0.05) is 13.1 Å². The molecule has 0 spiro atoms. The Hall–Kier alpha value is -3.47. The largest absolute Gasteiger partial charge is 0.508 e. The maximum absolute atomic E-state index is 12.4. The van der Waals surface area contributed by atoms with Crippen molar-refractivity contribution in [3.8, 4) is 22.6 Å². The highest BCUT2D eigenvalue weighted by Gasteiger charge is 2.13. The molecular weight excluding hydrogens is 364 g/mol. The van der Waals surface area contributed by atoms with Crippen LogP contribution in [0.3, 0.4) is 0 Å². The van der Waals surface area contributed by atoms with Gasteiger partial charge in [0.05, 0.1) is 6.54 Å². The number of ether oxygens (including phenoxy) is 1. The molecule has 0 bridgehead atoms. The lowest BCUT2D eigenvalue weighted by Gasteiger charge is -2.23. The van der Waals surface area contributed by atoms with Crippen LogP contribution in [0.1, 0.15) is 12.5 Å². The lowest BCUT2D eigenvalue weighted by atomic mass is 10.1. The summed E-state index contributed by atoms with van der Waals surface area (Å²) in [6, 6.07) is 24.7. The standard InChI is InChI=1S/C24H26N2O3/c1-2-25-24(28)26(18-19-6-4-3-5-7-19)16-17-29-23-14-10-21(11-15-23)20-8-12-22(27)13-9-20/h3-15,27H,2,16-18H2,1H3,(H,25,28). The van der Waals surface area contributed by atoms with Gasteiger partial charge in [-0.15, -0.1) is 0 Å². The number of nitrogens with zero attached hydrogens (tertiary/aromatic N) is 1. The van der Waals surface area contributed by atoms with E-state index in [2.05, 4.69) is 5.32 Å². The number of nitrogens with one attached hydrogen (secondary N) is 1. The minimum atomic E-state index is -0.0948. The van der Waals surface area contributed by atoms with Crippen molar-refractivity contribution in [1.29, 1.82) is 0 Å². The van der Waals surface area contributed by atoms with Crippen molar-refractivity contribution in [2.45, 2.75) is 13.5 Å². The molecule has 0 atom stereocenters. The van der Waals surface area contributed by atoms with E-state index in [9.17, 15) is 9.90 Å². The molecule has 0 aromatic heterocycles. The number of hydrogen-bond acceptors (Lipinski definition) is 3. The van der Waals surface area contributed by atoms with E-state index in [1.807, 2.05) is 73.7 Å². The molecule has 0 radical (unpaired) electrons. The van der Waals surface area contributed by atoms with Crippen molar-refractivity contribution < 1.29 is 14.6 Å². The highest BCUT2D eigenvalue weighted by Crippen LogP contribution is 2.24. The Labute approximate surface area is 171 Å². The van der Waals surface area contributed by atoms with E-state index >= 15 is 0 Å².